The van der Waals surface area contributed by atoms with Crippen LogP contribution in [0.25, 0.3) is 5.69 Å². The largest absolute Gasteiger partial charge is 0.248 e. The molecule has 0 spiro atoms. The molecular formula is C19H29N2+. The minimum atomic E-state index is 1.13. The maximum absolute atomic E-state index is 2.30. The normalized spacial score (nSPS) is 10.9. The first kappa shape index (κ1) is 15.8. The zero-order valence-corrected chi connectivity index (χ0v) is 13.4. The Balaban J connectivity index is 1.63. The quantitative estimate of drug-likeness (QED) is 0.433. The summed E-state index contributed by atoms with van der Waals surface area (Å²) < 4.78 is 4.48. The van der Waals surface area contributed by atoms with Gasteiger partial charge in [-0.25, -0.2) is 9.13 Å². The number of hydrogen-bond acceptors (Lipinski definition) is 0. The highest BCUT2D eigenvalue weighted by Crippen LogP contribution is 2.08. The lowest BCUT2D eigenvalue weighted by Gasteiger charge is -2.00. The van der Waals surface area contributed by atoms with Crippen molar-refractivity contribution in [1.29, 1.82) is 0 Å². The molecule has 114 valence electrons. The van der Waals surface area contributed by atoms with Gasteiger partial charge in [0.1, 0.15) is 18.1 Å². The van der Waals surface area contributed by atoms with Crippen molar-refractivity contribution >= 4 is 0 Å². The third kappa shape index (κ3) is 5.74. The summed E-state index contributed by atoms with van der Waals surface area (Å²) in [6.45, 7) is 3.41. The topological polar surface area (TPSA) is 8.81 Å². The molecule has 21 heavy (non-hydrogen) atoms. The summed E-state index contributed by atoms with van der Waals surface area (Å²) in [5.41, 5.74) is 1.23. The maximum atomic E-state index is 2.30. The van der Waals surface area contributed by atoms with E-state index < -0.39 is 0 Å². The number of imidazole rings is 1. The van der Waals surface area contributed by atoms with Crippen LogP contribution >= 0.6 is 0 Å². The molecule has 0 radical (unpaired) electrons. The summed E-state index contributed by atoms with van der Waals surface area (Å²) in [6, 6.07) is 10.5. The number of unbranched alkanes of at least 4 members (excludes halogenated alkanes) is 7. The van der Waals surface area contributed by atoms with E-state index in [1.54, 1.807) is 0 Å². The number of benzene rings is 1. The number of para-hydroxylation sites is 1. The minimum Gasteiger partial charge on any atom is -0.236 e. The molecule has 0 bridgehead atoms. The van der Waals surface area contributed by atoms with E-state index in [-0.39, 0.29) is 0 Å². The maximum Gasteiger partial charge on any atom is 0.248 e. The molecule has 2 aromatic rings. The predicted octanol–water partition coefficient (Wildman–Crippen LogP) is 4.91. The van der Waals surface area contributed by atoms with E-state index in [4.69, 9.17) is 0 Å². The summed E-state index contributed by atoms with van der Waals surface area (Å²) in [7, 11) is 0. The average Bonchev–Trinajstić information content (AvgIpc) is 3.00. The van der Waals surface area contributed by atoms with Crippen LogP contribution in [0.4, 0.5) is 0 Å². The van der Waals surface area contributed by atoms with Crippen LogP contribution in [0.1, 0.15) is 58.3 Å². The SMILES string of the molecule is CCCCCCCCCC[n+]1ccn(-c2ccccc2)c1. The van der Waals surface area contributed by atoms with Gasteiger partial charge in [0.05, 0.1) is 6.54 Å². The molecule has 0 atom stereocenters. The van der Waals surface area contributed by atoms with E-state index in [2.05, 4.69) is 65.1 Å². The second-order valence-electron chi connectivity index (χ2n) is 5.87. The average molecular weight is 285 g/mol. The van der Waals surface area contributed by atoms with E-state index in [1.807, 2.05) is 0 Å². The van der Waals surface area contributed by atoms with E-state index in [0.29, 0.717) is 0 Å². The van der Waals surface area contributed by atoms with Gasteiger partial charge in [-0.2, -0.15) is 0 Å². The van der Waals surface area contributed by atoms with Crippen LogP contribution in [0.5, 0.6) is 0 Å². The van der Waals surface area contributed by atoms with Gasteiger partial charge in [-0.05, 0) is 25.0 Å². The van der Waals surface area contributed by atoms with Gasteiger partial charge >= 0.3 is 0 Å². The lowest BCUT2D eigenvalue weighted by atomic mass is 10.1. The van der Waals surface area contributed by atoms with E-state index in [0.717, 1.165) is 6.54 Å². The Bertz CT molecular complexity index is 487. The van der Waals surface area contributed by atoms with Crippen molar-refractivity contribution in [3.05, 3.63) is 49.1 Å². The van der Waals surface area contributed by atoms with Crippen molar-refractivity contribution in [3.63, 3.8) is 0 Å². The first-order chi connectivity index (χ1) is 10.4. The van der Waals surface area contributed by atoms with Crippen LogP contribution in [-0.4, -0.2) is 4.57 Å². The van der Waals surface area contributed by atoms with Crippen LogP contribution in [0.3, 0.4) is 0 Å². The van der Waals surface area contributed by atoms with Gasteiger partial charge < -0.3 is 0 Å². The minimum absolute atomic E-state index is 1.13. The first-order valence-corrected chi connectivity index (χ1v) is 8.52. The lowest BCUT2D eigenvalue weighted by Crippen LogP contribution is -2.30. The molecule has 0 N–H and O–H groups in total. The Labute approximate surface area is 129 Å². The van der Waals surface area contributed by atoms with Crippen LogP contribution in [0.15, 0.2) is 49.1 Å². The van der Waals surface area contributed by atoms with Gasteiger partial charge in [0.15, 0.2) is 0 Å². The molecule has 0 aliphatic rings. The molecule has 1 aromatic carbocycles. The molecule has 0 saturated heterocycles. The third-order valence-corrected chi connectivity index (χ3v) is 4.02. The number of aromatic nitrogens is 2. The molecule has 2 nitrogen and oxygen atoms in total. The monoisotopic (exact) mass is 285 g/mol. The molecule has 0 aliphatic heterocycles. The number of rotatable bonds is 10. The highest BCUT2D eigenvalue weighted by Gasteiger charge is 2.05. The van der Waals surface area contributed by atoms with Gasteiger partial charge in [0.2, 0.25) is 6.33 Å². The fourth-order valence-electron chi connectivity index (χ4n) is 2.71. The molecule has 1 heterocycles. The number of nitrogens with zero attached hydrogens (tertiary/aromatic N) is 2. The smallest absolute Gasteiger partial charge is 0.236 e. The first-order valence-electron chi connectivity index (χ1n) is 8.52. The molecule has 0 aliphatic carbocycles. The highest BCUT2D eigenvalue weighted by atomic mass is 15.1. The van der Waals surface area contributed by atoms with Gasteiger partial charge in [-0.1, -0.05) is 63.6 Å². The Morgan fingerprint density at radius 1 is 0.857 bits per heavy atom. The van der Waals surface area contributed by atoms with Gasteiger partial charge in [-0.3, -0.25) is 0 Å². The van der Waals surface area contributed by atoms with Crippen LogP contribution in [0, 0.1) is 0 Å². The Morgan fingerprint density at radius 3 is 2.24 bits per heavy atom. The van der Waals surface area contributed by atoms with Gasteiger partial charge in [0, 0.05) is 0 Å². The zero-order chi connectivity index (χ0) is 14.8. The third-order valence-electron chi connectivity index (χ3n) is 4.02. The van der Waals surface area contributed by atoms with Crippen molar-refractivity contribution in [2.45, 2.75) is 64.8 Å². The fourth-order valence-corrected chi connectivity index (χ4v) is 2.71. The standard InChI is InChI=1S/C19H29N2/c1-2-3-4-5-6-7-8-12-15-20-16-17-21(18-20)19-13-10-9-11-14-19/h9-11,13-14,16-18H,2-8,12,15H2,1H3/q+1. The van der Waals surface area contributed by atoms with Crippen molar-refractivity contribution < 1.29 is 4.57 Å². The second kappa shape index (κ2) is 9.38. The van der Waals surface area contributed by atoms with E-state index in [1.165, 1.54) is 57.1 Å². The molecule has 2 heteroatoms. The van der Waals surface area contributed by atoms with Crippen molar-refractivity contribution in [2.75, 3.05) is 0 Å². The molecule has 1 aromatic heterocycles. The molecule has 0 unspecified atom stereocenters. The van der Waals surface area contributed by atoms with Crippen LogP contribution < -0.4 is 4.57 Å². The molecule has 0 saturated carbocycles. The molecule has 2 rings (SSSR count). The predicted molar refractivity (Wildman–Crippen MR) is 88.6 cm³/mol. The van der Waals surface area contributed by atoms with Gasteiger partial charge in [-0.15, -0.1) is 0 Å². The van der Waals surface area contributed by atoms with Crippen molar-refractivity contribution in [1.82, 2.24) is 4.57 Å². The van der Waals surface area contributed by atoms with Crippen LogP contribution in [0.2, 0.25) is 0 Å². The molecule has 0 amide bonds. The molecular weight excluding hydrogens is 256 g/mol. The van der Waals surface area contributed by atoms with Crippen molar-refractivity contribution in [2.24, 2.45) is 0 Å². The van der Waals surface area contributed by atoms with Crippen molar-refractivity contribution in [3.8, 4) is 5.69 Å². The Kier molecular flexibility index (Phi) is 7.06. The summed E-state index contributed by atoms with van der Waals surface area (Å²) in [4.78, 5) is 0. The second-order valence-corrected chi connectivity index (χ2v) is 5.87. The highest BCUT2D eigenvalue weighted by molar-refractivity contribution is 5.30. The Morgan fingerprint density at radius 2 is 1.52 bits per heavy atom. The number of hydrogen-bond donors (Lipinski definition) is 0. The van der Waals surface area contributed by atoms with E-state index in [9.17, 15) is 0 Å². The van der Waals surface area contributed by atoms with Crippen LogP contribution in [-0.2, 0) is 6.54 Å². The number of aryl methyl sites for hydroxylation is 1. The summed E-state index contributed by atoms with van der Waals surface area (Å²) in [5.74, 6) is 0. The molecule has 0 fully saturated rings. The Hall–Kier alpha value is -1.57. The fraction of sp³-hybridized carbons (Fsp3) is 0.526. The summed E-state index contributed by atoms with van der Waals surface area (Å²) in [6.07, 6.45) is 17.5. The summed E-state index contributed by atoms with van der Waals surface area (Å²) >= 11 is 0. The summed E-state index contributed by atoms with van der Waals surface area (Å²) in [5, 5.41) is 0. The lowest BCUT2D eigenvalue weighted by molar-refractivity contribution is -0.696. The van der Waals surface area contributed by atoms with E-state index >= 15 is 0 Å². The zero-order valence-electron chi connectivity index (χ0n) is 13.4. The van der Waals surface area contributed by atoms with Gasteiger partial charge in [0.25, 0.3) is 0 Å².